The van der Waals surface area contributed by atoms with E-state index in [0.29, 0.717) is 0 Å². The molecule has 1 saturated heterocycles. The Labute approximate surface area is 141 Å². The second-order valence-electron chi connectivity index (χ2n) is 6.77. The van der Waals surface area contributed by atoms with Crippen LogP contribution in [-0.4, -0.2) is 53.8 Å². The van der Waals surface area contributed by atoms with Gasteiger partial charge in [-0.05, 0) is 31.9 Å². The molecule has 1 amide bonds. The maximum Gasteiger partial charge on any atom is 0.254 e. The number of hydrogen-bond acceptors (Lipinski definition) is 4. The van der Waals surface area contributed by atoms with Gasteiger partial charge < -0.3 is 15.2 Å². The molecule has 3 rings (SSSR count). The lowest BCUT2D eigenvalue weighted by Crippen LogP contribution is -2.62. The number of aromatic hydroxyl groups is 1. The number of carbonyl (C=O) groups excluding carboxylic acids is 1. The van der Waals surface area contributed by atoms with Gasteiger partial charge in [0.25, 0.3) is 5.91 Å². The Morgan fingerprint density at radius 2 is 2.00 bits per heavy atom. The van der Waals surface area contributed by atoms with Gasteiger partial charge in [-0.15, -0.1) is 0 Å². The van der Waals surface area contributed by atoms with Crippen molar-refractivity contribution < 1.29 is 19.0 Å². The van der Waals surface area contributed by atoms with Crippen molar-refractivity contribution in [3.8, 4) is 5.75 Å². The van der Waals surface area contributed by atoms with E-state index in [1.807, 2.05) is 6.92 Å². The highest BCUT2D eigenvalue weighted by molar-refractivity contribution is 5.94. The third-order valence-electron chi connectivity index (χ3n) is 5.46. The summed E-state index contributed by atoms with van der Waals surface area (Å²) in [5.41, 5.74) is -0.109. The van der Waals surface area contributed by atoms with E-state index in [0.717, 1.165) is 58.1 Å². The second kappa shape index (κ2) is 7.07. The zero-order chi connectivity index (χ0) is 17.2. The minimum absolute atomic E-state index is 0.0326. The fourth-order valence-electron chi connectivity index (χ4n) is 4.12. The van der Waals surface area contributed by atoms with E-state index in [1.165, 1.54) is 12.1 Å². The molecular weight excluding hydrogens is 311 g/mol. The maximum absolute atomic E-state index is 13.9. The fourth-order valence-corrected chi connectivity index (χ4v) is 4.12. The molecule has 1 aliphatic heterocycles. The molecule has 2 fully saturated rings. The van der Waals surface area contributed by atoms with Gasteiger partial charge in [0.05, 0.1) is 18.8 Å². The number of rotatable bonds is 4. The van der Waals surface area contributed by atoms with E-state index in [4.69, 9.17) is 4.74 Å². The normalized spacial score (nSPS) is 22.2. The average Bonchev–Trinajstić information content (AvgIpc) is 3.06. The molecule has 5 nitrogen and oxygen atoms in total. The van der Waals surface area contributed by atoms with Crippen molar-refractivity contribution in [1.82, 2.24) is 10.2 Å². The van der Waals surface area contributed by atoms with Crippen LogP contribution in [0.15, 0.2) is 18.2 Å². The van der Waals surface area contributed by atoms with Crippen molar-refractivity contribution in [2.75, 3.05) is 26.3 Å². The Morgan fingerprint density at radius 3 is 2.62 bits per heavy atom. The van der Waals surface area contributed by atoms with Gasteiger partial charge in [0.1, 0.15) is 11.6 Å². The summed E-state index contributed by atoms with van der Waals surface area (Å²) in [4.78, 5) is 14.9. The summed E-state index contributed by atoms with van der Waals surface area (Å²) in [7, 11) is 0. The molecule has 0 aromatic heterocycles. The molecule has 1 aromatic rings. The largest absolute Gasteiger partial charge is 0.508 e. The number of benzene rings is 1. The first-order valence-corrected chi connectivity index (χ1v) is 8.65. The van der Waals surface area contributed by atoms with E-state index in [9.17, 15) is 14.3 Å². The third kappa shape index (κ3) is 3.26. The summed E-state index contributed by atoms with van der Waals surface area (Å²) in [5.74, 6) is -1.32. The highest BCUT2D eigenvalue weighted by Gasteiger charge is 2.45. The summed E-state index contributed by atoms with van der Waals surface area (Å²) < 4.78 is 19.4. The Balaban J connectivity index is 1.75. The first-order valence-electron chi connectivity index (χ1n) is 8.65. The zero-order valence-corrected chi connectivity index (χ0v) is 14.1. The van der Waals surface area contributed by atoms with Crippen molar-refractivity contribution >= 4 is 5.91 Å². The molecule has 1 heterocycles. The van der Waals surface area contributed by atoms with E-state index in [1.54, 1.807) is 0 Å². The maximum atomic E-state index is 13.9. The van der Waals surface area contributed by atoms with Gasteiger partial charge in [-0.25, -0.2) is 4.39 Å². The first-order chi connectivity index (χ1) is 11.5. The first kappa shape index (κ1) is 17.2. The molecule has 1 atom stereocenters. The van der Waals surface area contributed by atoms with Crippen LogP contribution >= 0.6 is 0 Å². The van der Waals surface area contributed by atoms with Gasteiger partial charge in [0, 0.05) is 30.7 Å². The summed E-state index contributed by atoms with van der Waals surface area (Å²) in [6, 6.07) is 3.53. The van der Waals surface area contributed by atoms with Gasteiger partial charge in [-0.1, -0.05) is 12.8 Å². The molecule has 1 aliphatic carbocycles. The SMILES string of the molecule is C[C@H](NC(=O)c1ccc(O)cc1F)C1(N2CCOCC2)CCCC1. The molecule has 1 saturated carbocycles. The Bertz CT molecular complexity index is 596. The molecule has 2 aliphatic rings. The number of phenols is 1. The number of amides is 1. The lowest BCUT2D eigenvalue weighted by Gasteiger charge is -2.47. The van der Waals surface area contributed by atoms with Gasteiger partial charge in [0.15, 0.2) is 0 Å². The minimum atomic E-state index is -0.702. The van der Waals surface area contributed by atoms with Crippen LogP contribution in [0.1, 0.15) is 43.0 Å². The Morgan fingerprint density at radius 1 is 1.33 bits per heavy atom. The van der Waals surface area contributed by atoms with E-state index >= 15 is 0 Å². The number of carbonyl (C=O) groups is 1. The predicted octanol–water partition coefficient (Wildman–Crippen LogP) is 2.29. The second-order valence-corrected chi connectivity index (χ2v) is 6.77. The van der Waals surface area contributed by atoms with Gasteiger partial charge in [-0.3, -0.25) is 9.69 Å². The number of nitrogens with zero attached hydrogens (tertiary/aromatic N) is 1. The van der Waals surface area contributed by atoms with Crippen molar-refractivity contribution in [2.45, 2.75) is 44.2 Å². The smallest absolute Gasteiger partial charge is 0.254 e. The van der Waals surface area contributed by atoms with Crippen molar-refractivity contribution in [3.05, 3.63) is 29.6 Å². The van der Waals surface area contributed by atoms with E-state index in [-0.39, 0.29) is 22.9 Å². The van der Waals surface area contributed by atoms with Crippen molar-refractivity contribution in [3.63, 3.8) is 0 Å². The number of morpholine rings is 1. The highest BCUT2D eigenvalue weighted by Crippen LogP contribution is 2.38. The van der Waals surface area contributed by atoms with E-state index in [2.05, 4.69) is 10.2 Å². The molecular formula is C18H25FN2O3. The van der Waals surface area contributed by atoms with Crippen LogP contribution < -0.4 is 5.32 Å². The number of hydrogen-bond donors (Lipinski definition) is 2. The average molecular weight is 336 g/mol. The van der Waals surface area contributed by atoms with Crippen LogP contribution in [0, 0.1) is 5.82 Å². The molecule has 0 spiro atoms. The molecule has 1 aromatic carbocycles. The monoisotopic (exact) mass is 336 g/mol. The minimum Gasteiger partial charge on any atom is -0.508 e. The molecule has 2 N–H and O–H groups in total. The van der Waals surface area contributed by atoms with Gasteiger partial charge in [0.2, 0.25) is 0 Å². The van der Waals surface area contributed by atoms with Gasteiger partial charge >= 0.3 is 0 Å². The summed E-state index contributed by atoms with van der Waals surface area (Å²) in [5, 5.41) is 12.3. The summed E-state index contributed by atoms with van der Waals surface area (Å²) >= 11 is 0. The molecule has 0 radical (unpaired) electrons. The Kier molecular flexibility index (Phi) is 5.06. The summed E-state index contributed by atoms with van der Waals surface area (Å²) in [6.45, 7) is 5.18. The quantitative estimate of drug-likeness (QED) is 0.886. The number of halogens is 1. The van der Waals surface area contributed by atoms with E-state index < -0.39 is 11.7 Å². The van der Waals surface area contributed by atoms with Crippen LogP contribution in [0.25, 0.3) is 0 Å². The van der Waals surface area contributed by atoms with Crippen LogP contribution in [0.5, 0.6) is 5.75 Å². The molecule has 0 unspecified atom stereocenters. The zero-order valence-electron chi connectivity index (χ0n) is 14.1. The van der Waals surface area contributed by atoms with Crippen LogP contribution in [0.4, 0.5) is 4.39 Å². The lowest BCUT2D eigenvalue weighted by atomic mass is 9.86. The number of ether oxygens (including phenoxy) is 1. The van der Waals surface area contributed by atoms with Gasteiger partial charge in [-0.2, -0.15) is 0 Å². The highest BCUT2D eigenvalue weighted by atomic mass is 19.1. The van der Waals surface area contributed by atoms with Crippen molar-refractivity contribution in [1.29, 1.82) is 0 Å². The van der Waals surface area contributed by atoms with Crippen molar-refractivity contribution in [2.24, 2.45) is 0 Å². The molecule has 24 heavy (non-hydrogen) atoms. The standard InChI is InChI=1S/C18H25FN2O3/c1-13(20-17(23)15-5-4-14(22)12-16(15)19)18(6-2-3-7-18)21-8-10-24-11-9-21/h4-5,12-13,22H,2-3,6-11H2,1H3,(H,20,23)/t13-/m0/s1. The predicted molar refractivity (Wildman–Crippen MR) is 88.6 cm³/mol. The lowest BCUT2D eigenvalue weighted by molar-refractivity contribution is -0.0323. The molecule has 132 valence electrons. The topological polar surface area (TPSA) is 61.8 Å². The van der Waals surface area contributed by atoms with Crippen LogP contribution in [-0.2, 0) is 4.74 Å². The number of nitrogens with one attached hydrogen (secondary N) is 1. The van der Waals surface area contributed by atoms with Crippen LogP contribution in [0.2, 0.25) is 0 Å². The fraction of sp³-hybridized carbons (Fsp3) is 0.611. The third-order valence-corrected chi connectivity index (χ3v) is 5.46. The molecule has 6 heteroatoms. The molecule has 0 bridgehead atoms. The summed E-state index contributed by atoms with van der Waals surface area (Å²) in [6.07, 6.45) is 4.36. The van der Waals surface area contributed by atoms with Crippen LogP contribution in [0.3, 0.4) is 0 Å². The Hall–Kier alpha value is -1.66. The number of phenolic OH excluding ortho intramolecular Hbond substituents is 1.